The van der Waals surface area contributed by atoms with E-state index in [0.717, 1.165) is 22.6 Å². The summed E-state index contributed by atoms with van der Waals surface area (Å²) in [5, 5.41) is 3.91. The molecule has 0 aliphatic heterocycles. The zero-order valence-corrected chi connectivity index (χ0v) is 13.1. The first kappa shape index (κ1) is 15.3. The summed E-state index contributed by atoms with van der Waals surface area (Å²) >= 11 is 0. The summed E-state index contributed by atoms with van der Waals surface area (Å²) in [6, 6.07) is 10.2. The highest BCUT2D eigenvalue weighted by molar-refractivity contribution is 5.79. The molecule has 0 aliphatic rings. The Labute approximate surface area is 125 Å². The van der Waals surface area contributed by atoms with E-state index in [1.54, 1.807) is 0 Å². The Morgan fingerprint density at radius 1 is 1.24 bits per heavy atom. The molecule has 1 aromatic carbocycles. The maximum absolute atomic E-state index is 12.6. The minimum atomic E-state index is 0.100. The van der Waals surface area contributed by atoms with Crippen LogP contribution in [0.5, 0.6) is 0 Å². The van der Waals surface area contributed by atoms with Crippen molar-refractivity contribution >= 4 is 5.91 Å². The van der Waals surface area contributed by atoms with Gasteiger partial charge in [-0.15, -0.1) is 0 Å². The van der Waals surface area contributed by atoms with Crippen LogP contribution in [0.25, 0.3) is 0 Å². The van der Waals surface area contributed by atoms with Gasteiger partial charge in [-0.05, 0) is 33.3 Å². The van der Waals surface area contributed by atoms with Crippen molar-refractivity contribution < 1.29 is 9.32 Å². The summed E-state index contributed by atoms with van der Waals surface area (Å²) in [6.07, 6.45) is 0.339. The number of hydrogen-bond acceptors (Lipinski definition) is 3. The quantitative estimate of drug-likeness (QED) is 0.847. The van der Waals surface area contributed by atoms with Crippen molar-refractivity contribution in [1.82, 2.24) is 10.1 Å². The number of carbonyl (C=O) groups excluding carboxylic acids is 1. The van der Waals surface area contributed by atoms with Crippen LogP contribution in [0.2, 0.25) is 0 Å². The molecule has 1 aromatic heterocycles. The van der Waals surface area contributed by atoms with Crippen LogP contribution in [0.15, 0.2) is 34.9 Å². The molecule has 0 unspecified atom stereocenters. The van der Waals surface area contributed by atoms with E-state index >= 15 is 0 Å². The summed E-state index contributed by atoms with van der Waals surface area (Å²) in [4.78, 5) is 14.5. The van der Waals surface area contributed by atoms with Gasteiger partial charge >= 0.3 is 0 Å². The van der Waals surface area contributed by atoms with Gasteiger partial charge in [-0.2, -0.15) is 0 Å². The van der Waals surface area contributed by atoms with Gasteiger partial charge in [-0.1, -0.05) is 35.5 Å². The molecule has 0 saturated heterocycles. The zero-order valence-electron chi connectivity index (χ0n) is 13.1. The highest BCUT2D eigenvalue weighted by Crippen LogP contribution is 2.16. The molecule has 4 nitrogen and oxygen atoms in total. The average Bonchev–Trinajstić information content (AvgIpc) is 2.77. The number of benzene rings is 1. The second kappa shape index (κ2) is 6.57. The van der Waals surface area contributed by atoms with Gasteiger partial charge in [0.25, 0.3) is 0 Å². The molecule has 4 heteroatoms. The fraction of sp³-hybridized carbons (Fsp3) is 0.412. The average molecular weight is 286 g/mol. The predicted octanol–water partition coefficient (Wildman–Crippen LogP) is 3.27. The number of rotatable bonds is 5. The molecule has 2 aromatic rings. The van der Waals surface area contributed by atoms with Gasteiger partial charge in [0.05, 0.1) is 12.1 Å². The highest BCUT2D eigenvalue weighted by Gasteiger charge is 2.21. The van der Waals surface area contributed by atoms with Crippen LogP contribution in [0.4, 0.5) is 0 Å². The third kappa shape index (κ3) is 3.72. The molecule has 0 atom stereocenters. The highest BCUT2D eigenvalue weighted by atomic mass is 16.5. The molecule has 0 aliphatic carbocycles. The van der Waals surface area contributed by atoms with E-state index in [-0.39, 0.29) is 11.9 Å². The number of amides is 1. The van der Waals surface area contributed by atoms with Gasteiger partial charge < -0.3 is 9.42 Å². The van der Waals surface area contributed by atoms with Crippen LogP contribution in [0.3, 0.4) is 0 Å². The van der Waals surface area contributed by atoms with Gasteiger partial charge in [-0.3, -0.25) is 4.79 Å². The molecular formula is C17H22N2O2. The van der Waals surface area contributed by atoms with E-state index in [2.05, 4.69) is 5.16 Å². The van der Waals surface area contributed by atoms with E-state index < -0.39 is 0 Å². The summed E-state index contributed by atoms with van der Waals surface area (Å²) in [5.41, 5.74) is 2.83. The van der Waals surface area contributed by atoms with Crippen LogP contribution in [-0.4, -0.2) is 22.0 Å². The summed E-state index contributed by atoms with van der Waals surface area (Å²) in [7, 11) is 0. The lowest BCUT2D eigenvalue weighted by molar-refractivity contribution is -0.132. The van der Waals surface area contributed by atoms with Gasteiger partial charge in [0.2, 0.25) is 5.91 Å². The Kier molecular flexibility index (Phi) is 4.78. The van der Waals surface area contributed by atoms with Crippen molar-refractivity contribution in [2.75, 3.05) is 0 Å². The van der Waals surface area contributed by atoms with Crippen molar-refractivity contribution in [1.29, 1.82) is 0 Å². The maximum Gasteiger partial charge on any atom is 0.227 e. The zero-order chi connectivity index (χ0) is 15.4. The number of aromatic nitrogens is 1. The molecule has 1 amide bonds. The van der Waals surface area contributed by atoms with Crippen LogP contribution in [0.1, 0.15) is 36.4 Å². The normalized spacial score (nSPS) is 10.9. The van der Waals surface area contributed by atoms with Crippen molar-refractivity contribution in [2.24, 2.45) is 0 Å². The lowest BCUT2D eigenvalue weighted by Gasteiger charge is -2.27. The lowest BCUT2D eigenvalue weighted by Crippen LogP contribution is -2.37. The standard InChI is InChI=1S/C17H22N2O2/c1-12(2)19(11-15-8-6-5-7-9-15)17(20)10-16-13(3)18-21-14(16)4/h5-9,12H,10-11H2,1-4H3. The third-order valence-corrected chi connectivity index (χ3v) is 3.65. The summed E-state index contributed by atoms with van der Waals surface area (Å²) < 4.78 is 5.13. The fourth-order valence-electron chi connectivity index (χ4n) is 2.35. The van der Waals surface area contributed by atoms with Crippen molar-refractivity contribution in [3.05, 3.63) is 52.9 Å². The van der Waals surface area contributed by atoms with Crippen LogP contribution in [0, 0.1) is 13.8 Å². The minimum Gasteiger partial charge on any atom is -0.361 e. The van der Waals surface area contributed by atoms with Gasteiger partial charge in [-0.25, -0.2) is 0 Å². The molecule has 2 rings (SSSR count). The second-order valence-electron chi connectivity index (χ2n) is 5.58. The number of aryl methyl sites for hydroxylation is 2. The molecule has 0 spiro atoms. The Morgan fingerprint density at radius 2 is 1.90 bits per heavy atom. The first-order valence-electron chi connectivity index (χ1n) is 7.24. The minimum absolute atomic E-state index is 0.100. The molecule has 0 fully saturated rings. The molecule has 0 bridgehead atoms. The third-order valence-electron chi connectivity index (χ3n) is 3.65. The Bertz CT molecular complexity index is 583. The van der Waals surface area contributed by atoms with E-state index in [0.29, 0.717) is 13.0 Å². The smallest absolute Gasteiger partial charge is 0.227 e. The van der Waals surface area contributed by atoms with Crippen molar-refractivity contribution in [2.45, 2.75) is 46.7 Å². The molecule has 112 valence electrons. The number of hydrogen-bond donors (Lipinski definition) is 0. The summed E-state index contributed by atoms with van der Waals surface area (Å²) in [5.74, 6) is 0.826. The van der Waals surface area contributed by atoms with Gasteiger partial charge in [0.15, 0.2) is 0 Å². The molecule has 21 heavy (non-hydrogen) atoms. The Morgan fingerprint density at radius 3 is 2.43 bits per heavy atom. The molecule has 0 N–H and O–H groups in total. The van der Waals surface area contributed by atoms with E-state index in [1.165, 1.54) is 0 Å². The lowest BCUT2D eigenvalue weighted by atomic mass is 10.1. The topological polar surface area (TPSA) is 46.3 Å². The second-order valence-corrected chi connectivity index (χ2v) is 5.58. The van der Waals surface area contributed by atoms with Gasteiger partial charge in [0, 0.05) is 18.2 Å². The van der Waals surface area contributed by atoms with Crippen LogP contribution in [-0.2, 0) is 17.8 Å². The predicted molar refractivity (Wildman–Crippen MR) is 81.8 cm³/mol. The SMILES string of the molecule is Cc1noc(C)c1CC(=O)N(Cc1ccccc1)C(C)C. The Hall–Kier alpha value is -2.10. The molecule has 0 saturated carbocycles. The van der Waals surface area contributed by atoms with Crippen molar-refractivity contribution in [3.63, 3.8) is 0 Å². The van der Waals surface area contributed by atoms with E-state index in [9.17, 15) is 4.79 Å². The van der Waals surface area contributed by atoms with E-state index in [4.69, 9.17) is 4.52 Å². The molecule has 0 radical (unpaired) electrons. The maximum atomic E-state index is 12.6. The Balaban J connectivity index is 2.13. The fourth-order valence-corrected chi connectivity index (χ4v) is 2.35. The van der Waals surface area contributed by atoms with Crippen LogP contribution < -0.4 is 0 Å². The largest absolute Gasteiger partial charge is 0.361 e. The monoisotopic (exact) mass is 286 g/mol. The van der Waals surface area contributed by atoms with E-state index in [1.807, 2.05) is 62.9 Å². The van der Waals surface area contributed by atoms with Gasteiger partial charge in [0.1, 0.15) is 5.76 Å². The van der Waals surface area contributed by atoms with Crippen molar-refractivity contribution in [3.8, 4) is 0 Å². The number of nitrogens with zero attached hydrogens (tertiary/aromatic N) is 2. The molecular weight excluding hydrogens is 264 g/mol. The first-order valence-corrected chi connectivity index (χ1v) is 7.24. The first-order chi connectivity index (χ1) is 9.99. The van der Waals surface area contributed by atoms with Crippen LogP contribution >= 0.6 is 0 Å². The number of carbonyl (C=O) groups is 1. The summed E-state index contributed by atoms with van der Waals surface area (Å²) in [6.45, 7) is 8.42. The molecule has 1 heterocycles.